The molecule has 2 aliphatic heterocycles. The minimum atomic E-state index is -1.57. The molecule has 226 valence electrons. The minimum absolute atomic E-state index is 0.116. The van der Waals surface area contributed by atoms with Crippen LogP contribution in [0.1, 0.15) is 52.7 Å². The zero-order valence-corrected chi connectivity index (χ0v) is 24.2. The molecule has 8 nitrogen and oxygen atoms in total. The van der Waals surface area contributed by atoms with Crippen LogP contribution in [0.15, 0.2) is 36.4 Å². The maximum absolute atomic E-state index is 13.9. The van der Waals surface area contributed by atoms with E-state index in [4.69, 9.17) is 14.2 Å². The van der Waals surface area contributed by atoms with Crippen molar-refractivity contribution in [3.8, 4) is 0 Å². The van der Waals surface area contributed by atoms with E-state index < -0.39 is 57.9 Å². The third-order valence-corrected chi connectivity index (χ3v) is 6.39. The third kappa shape index (κ3) is 7.28. The highest BCUT2D eigenvalue weighted by Gasteiger charge is 2.50. The molecule has 0 bridgehead atoms. The van der Waals surface area contributed by atoms with Gasteiger partial charge in [0, 0.05) is 18.2 Å². The summed E-state index contributed by atoms with van der Waals surface area (Å²) in [7, 11) is 1.41. The SMILES string of the molecule is CC(C)(C)OC(=O)N1CC(O)(c2cccc(F)c2F)C1.COC1(c2cccc(F)c2F)CN(C(=O)OC(C)(C)C)C1. The Labute approximate surface area is 236 Å². The number of likely N-dealkylation sites (tertiary alicyclic amines) is 2. The van der Waals surface area contributed by atoms with E-state index in [1.54, 1.807) is 41.5 Å². The molecule has 0 saturated carbocycles. The molecule has 0 atom stereocenters. The summed E-state index contributed by atoms with van der Waals surface area (Å²) in [5.41, 5.74) is -3.87. The highest BCUT2D eigenvalue weighted by atomic mass is 19.2. The van der Waals surface area contributed by atoms with E-state index >= 15 is 0 Å². The lowest BCUT2D eigenvalue weighted by molar-refractivity contribution is -0.129. The Kier molecular flexibility index (Phi) is 9.00. The Hall–Kier alpha value is -3.38. The van der Waals surface area contributed by atoms with Gasteiger partial charge in [-0.25, -0.2) is 27.2 Å². The smallest absolute Gasteiger partial charge is 0.410 e. The Balaban J connectivity index is 0.000000226. The van der Waals surface area contributed by atoms with Crippen LogP contribution in [0, 0.1) is 23.3 Å². The summed E-state index contributed by atoms with van der Waals surface area (Å²) >= 11 is 0. The van der Waals surface area contributed by atoms with E-state index in [9.17, 15) is 32.3 Å². The molecular formula is C29H36F4N2O6. The molecule has 2 aromatic carbocycles. The summed E-state index contributed by atoms with van der Waals surface area (Å²) in [6, 6.07) is 7.55. The zero-order chi connectivity index (χ0) is 31.0. The molecule has 2 saturated heterocycles. The van der Waals surface area contributed by atoms with E-state index in [2.05, 4.69) is 0 Å². The molecule has 41 heavy (non-hydrogen) atoms. The van der Waals surface area contributed by atoms with Crippen LogP contribution in [0.4, 0.5) is 27.2 Å². The van der Waals surface area contributed by atoms with Crippen LogP contribution in [-0.2, 0) is 25.4 Å². The minimum Gasteiger partial charge on any atom is -0.444 e. The lowest BCUT2D eigenvalue weighted by Crippen LogP contribution is -2.63. The van der Waals surface area contributed by atoms with Gasteiger partial charge >= 0.3 is 12.2 Å². The molecule has 1 N–H and O–H groups in total. The van der Waals surface area contributed by atoms with Gasteiger partial charge < -0.3 is 29.1 Å². The standard InChI is InChI=1S/C15H19F2NO3.C14H17F2NO3/c1-14(2,3)21-13(19)18-8-15(9-18,20-4)10-6-5-7-11(16)12(10)17;1-13(2,3)20-12(18)17-7-14(19,8-17)9-5-4-6-10(15)11(9)16/h5-7H,8-9H2,1-4H3;4-6,19H,7-8H2,1-3H3. The normalized spacial score (nSPS) is 17.5. The molecular weight excluding hydrogens is 548 g/mol. The van der Waals surface area contributed by atoms with Gasteiger partial charge in [-0.2, -0.15) is 0 Å². The Morgan fingerprint density at radius 2 is 1.12 bits per heavy atom. The van der Waals surface area contributed by atoms with Crippen LogP contribution in [0.5, 0.6) is 0 Å². The van der Waals surface area contributed by atoms with Crippen molar-refractivity contribution in [3.63, 3.8) is 0 Å². The molecule has 0 aliphatic carbocycles. The topological polar surface area (TPSA) is 88.5 Å². The number of aliphatic hydroxyl groups is 1. The van der Waals surface area contributed by atoms with Crippen molar-refractivity contribution in [2.24, 2.45) is 0 Å². The number of amides is 2. The maximum Gasteiger partial charge on any atom is 0.410 e. The fourth-order valence-corrected chi connectivity index (χ4v) is 4.37. The van der Waals surface area contributed by atoms with Gasteiger partial charge in [-0.3, -0.25) is 0 Å². The second kappa shape index (κ2) is 11.5. The van der Waals surface area contributed by atoms with Crippen molar-refractivity contribution in [1.82, 2.24) is 9.80 Å². The molecule has 0 aromatic heterocycles. The largest absolute Gasteiger partial charge is 0.444 e. The number of methoxy groups -OCH3 is 1. The average Bonchev–Trinajstić information content (AvgIpc) is 2.79. The van der Waals surface area contributed by atoms with E-state index in [1.165, 1.54) is 41.2 Å². The summed E-state index contributed by atoms with van der Waals surface area (Å²) in [4.78, 5) is 26.3. The number of hydrogen-bond acceptors (Lipinski definition) is 6. The Morgan fingerprint density at radius 1 is 0.732 bits per heavy atom. The van der Waals surface area contributed by atoms with Crippen LogP contribution in [0.25, 0.3) is 0 Å². The van der Waals surface area contributed by atoms with Crippen LogP contribution >= 0.6 is 0 Å². The molecule has 2 heterocycles. The van der Waals surface area contributed by atoms with Gasteiger partial charge in [-0.1, -0.05) is 24.3 Å². The molecule has 0 radical (unpaired) electrons. The Bertz CT molecular complexity index is 1280. The number of hydrogen-bond donors (Lipinski definition) is 1. The predicted octanol–water partition coefficient (Wildman–Crippen LogP) is 5.46. The summed E-state index contributed by atoms with van der Waals surface area (Å²) in [6.07, 6.45) is -1.08. The van der Waals surface area contributed by atoms with Gasteiger partial charge in [0.15, 0.2) is 23.3 Å². The van der Waals surface area contributed by atoms with Crippen molar-refractivity contribution >= 4 is 12.2 Å². The van der Waals surface area contributed by atoms with Gasteiger partial charge in [0.05, 0.1) is 26.2 Å². The highest BCUT2D eigenvalue weighted by Crippen LogP contribution is 2.38. The summed E-state index contributed by atoms with van der Waals surface area (Å²) in [5.74, 6) is -3.98. The quantitative estimate of drug-likeness (QED) is 0.482. The van der Waals surface area contributed by atoms with Gasteiger partial charge in [-0.15, -0.1) is 0 Å². The molecule has 2 aliphatic rings. The first-order valence-corrected chi connectivity index (χ1v) is 12.9. The molecule has 2 aromatic rings. The molecule has 2 fully saturated rings. The van der Waals surface area contributed by atoms with Crippen LogP contribution in [-0.4, -0.2) is 71.6 Å². The van der Waals surface area contributed by atoms with E-state index in [1.807, 2.05) is 0 Å². The van der Waals surface area contributed by atoms with Gasteiger partial charge in [0.1, 0.15) is 22.4 Å². The number of nitrogens with zero attached hydrogens (tertiary/aromatic N) is 2. The third-order valence-electron chi connectivity index (χ3n) is 6.39. The fourth-order valence-electron chi connectivity index (χ4n) is 4.37. The first-order chi connectivity index (χ1) is 18.8. The lowest BCUT2D eigenvalue weighted by atomic mass is 9.85. The van der Waals surface area contributed by atoms with Crippen molar-refractivity contribution in [3.05, 3.63) is 70.8 Å². The average molecular weight is 585 g/mol. The van der Waals surface area contributed by atoms with Crippen molar-refractivity contribution < 1.29 is 46.5 Å². The monoisotopic (exact) mass is 584 g/mol. The Morgan fingerprint density at radius 3 is 1.54 bits per heavy atom. The fraction of sp³-hybridized carbons (Fsp3) is 0.517. The molecule has 4 rings (SSSR count). The molecule has 0 unspecified atom stereocenters. The summed E-state index contributed by atoms with van der Waals surface area (Å²) < 4.78 is 69.8. The van der Waals surface area contributed by atoms with Crippen molar-refractivity contribution in [2.75, 3.05) is 33.3 Å². The van der Waals surface area contributed by atoms with Gasteiger partial charge in [0.2, 0.25) is 0 Å². The lowest BCUT2D eigenvalue weighted by Gasteiger charge is -2.49. The van der Waals surface area contributed by atoms with E-state index in [0.29, 0.717) is 0 Å². The second-order valence-corrected chi connectivity index (χ2v) is 12.1. The highest BCUT2D eigenvalue weighted by molar-refractivity contribution is 5.70. The molecule has 0 spiro atoms. The summed E-state index contributed by atoms with van der Waals surface area (Å²) in [5, 5.41) is 10.2. The number of β-amino-alcohol motifs (C(OH)–C–C–N with tert-alkyl or cyclic N) is 1. The molecule has 2 amide bonds. The number of halogens is 4. The van der Waals surface area contributed by atoms with Crippen molar-refractivity contribution in [1.29, 1.82) is 0 Å². The first-order valence-electron chi connectivity index (χ1n) is 12.9. The zero-order valence-electron chi connectivity index (χ0n) is 24.2. The van der Waals surface area contributed by atoms with E-state index in [-0.39, 0.29) is 37.3 Å². The number of carbonyl (C=O) groups excluding carboxylic acids is 2. The van der Waals surface area contributed by atoms with Crippen LogP contribution < -0.4 is 0 Å². The predicted molar refractivity (Wildman–Crippen MR) is 141 cm³/mol. The van der Waals surface area contributed by atoms with Crippen LogP contribution in [0.3, 0.4) is 0 Å². The first kappa shape index (κ1) is 32.1. The van der Waals surface area contributed by atoms with Gasteiger partial charge in [-0.05, 0) is 53.7 Å². The number of ether oxygens (including phenoxy) is 3. The van der Waals surface area contributed by atoms with Crippen LogP contribution in [0.2, 0.25) is 0 Å². The maximum atomic E-state index is 13.9. The van der Waals surface area contributed by atoms with E-state index in [0.717, 1.165) is 12.1 Å². The number of benzene rings is 2. The van der Waals surface area contributed by atoms with Gasteiger partial charge in [0.25, 0.3) is 0 Å². The molecule has 12 heteroatoms. The number of carbonyl (C=O) groups is 2. The number of rotatable bonds is 3. The summed E-state index contributed by atoms with van der Waals surface area (Å²) in [6.45, 7) is 10.5. The van der Waals surface area contributed by atoms with Crippen molar-refractivity contribution in [2.45, 2.75) is 63.9 Å². The second-order valence-electron chi connectivity index (χ2n) is 12.1.